The molecule has 0 saturated carbocycles. The van der Waals surface area contributed by atoms with Crippen LogP contribution in [0.1, 0.15) is 51.2 Å². The van der Waals surface area contributed by atoms with Crippen molar-refractivity contribution in [1.29, 1.82) is 0 Å². The Morgan fingerprint density at radius 1 is 0.780 bits per heavy atom. The fourth-order valence-corrected chi connectivity index (χ4v) is 4.96. The summed E-state index contributed by atoms with van der Waals surface area (Å²) in [7, 11) is 0. The van der Waals surface area contributed by atoms with E-state index < -0.39 is 48.1 Å². The molecule has 0 spiro atoms. The molecule has 3 atom stereocenters. The molecule has 9 nitrogen and oxygen atoms in total. The third-order valence-electron chi connectivity index (χ3n) is 6.43. The van der Waals surface area contributed by atoms with Gasteiger partial charge in [0.2, 0.25) is 17.7 Å². The van der Waals surface area contributed by atoms with Gasteiger partial charge in [0.1, 0.15) is 12.1 Å². The van der Waals surface area contributed by atoms with Crippen molar-refractivity contribution in [2.45, 2.75) is 71.0 Å². The van der Waals surface area contributed by atoms with Crippen LogP contribution >= 0.6 is 11.8 Å². The zero-order valence-corrected chi connectivity index (χ0v) is 24.7. The summed E-state index contributed by atoms with van der Waals surface area (Å²) < 4.78 is 0. The fourth-order valence-electron chi connectivity index (χ4n) is 4.06. The molecule has 10 heteroatoms. The van der Waals surface area contributed by atoms with Crippen molar-refractivity contribution in [2.24, 2.45) is 5.92 Å². The molecular weight excluding hydrogens is 542 g/mol. The van der Waals surface area contributed by atoms with Crippen LogP contribution in [0.15, 0.2) is 60.7 Å². The molecule has 3 amide bonds. The topological polar surface area (TPSA) is 142 Å². The molecule has 0 bridgehead atoms. The minimum absolute atomic E-state index is 0.0677. The number of thioether (sulfide) groups is 1. The van der Waals surface area contributed by atoms with Crippen molar-refractivity contribution in [2.75, 3.05) is 11.5 Å². The monoisotopic (exact) mass is 583 g/mol. The quantitative estimate of drug-likeness (QED) is 0.198. The van der Waals surface area contributed by atoms with E-state index in [4.69, 9.17) is 0 Å². The highest BCUT2D eigenvalue weighted by molar-refractivity contribution is 7.99. The minimum atomic E-state index is -1.22. The van der Waals surface area contributed by atoms with E-state index in [9.17, 15) is 29.1 Å². The fraction of sp³-hybridized carbons (Fsp3) is 0.452. The number of Topliss-reactive ketones (excluding diaryl/α,β-unsaturated/α-hetero) is 1. The molecule has 0 aliphatic rings. The average Bonchev–Trinajstić information content (AvgIpc) is 2.94. The number of benzene rings is 2. The van der Waals surface area contributed by atoms with Crippen LogP contribution in [-0.2, 0) is 36.8 Å². The number of carboxylic acid groups (broad SMARTS) is 1. The van der Waals surface area contributed by atoms with E-state index >= 15 is 0 Å². The van der Waals surface area contributed by atoms with Crippen LogP contribution in [-0.4, -0.2) is 64.2 Å². The van der Waals surface area contributed by atoms with E-state index in [1.54, 1.807) is 13.8 Å². The summed E-state index contributed by atoms with van der Waals surface area (Å²) in [6.07, 6.45) is 1.92. The van der Waals surface area contributed by atoms with Gasteiger partial charge in [0.15, 0.2) is 5.78 Å². The number of amides is 3. The summed E-state index contributed by atoms with van der Waals surface area (Å²) in [5.41, 5.74) is 2.22. The van der Waals surface area contributed by atoms with Crippen LogP contribution in [0, 0.1) is 5.92 Å². The van der Waals surface area contributed by atoms with E-state index in [-0.39, 0.29) is 24.0 Å². The highest BCUT2D eigenvalue weighted by Crippen LogP contribution is 2.11. The van der Waals surface area contributed by atoms with Gasteiger partial charge in [-0.3, -0.25) is 24.0 Å². The maximum atomic E-state index is 12.9. The average molecular weight is 584 g/mol. The number of nitrogens with one attached hydrogen (secondary N) is 3. The van der Waals surface area contributed by atoms with Crippen molar-refractivity contribution in [3.8, 4) is 0 Å². The van der Waals surface area contributed by atoms with Crippen molar-refractivity contribution in [3.63, 3.8) is 0 Å². The zero-order chi connectivity index (χ0) is 30.2. The van der Waals surface area contributed by atoms with Crippen molar-refractivity contribution < 1.29 is 29.1 Å². The summed E-state index contributed by atoms with van der Waals surface area (Å²) in [6.45, 7) is 5.01. The number of rotatable bonds is 18. The predicted octanol–water partition coefficient (Wildman–Crippen LogP) is 3.16. The van der Waals surface area contributed by atoms with E-state index in [2.05, 4.69) is 16.0 Å². The van der Waals surface area contributed by atoms with E-state index in [0.29, 0.717) is 12.2 Å². The molecule has 0 aliphatic carbocycles. The second kappa shape index (κ2) is 17.9. The maximum Gasteiger partial charge on any atom is 0.305 e. The second-order valence-electron chi connectivity index (χ2n) is 10.3. The van der Waals surface area contributed by atoms with Crippen LogP contribution < -0.4 is 16.0 Å². The van der Waals surface area contributed by atoms with Gasteiger partial charge < -0.3 is 21.1 Å². The lowest BCUT2D eigenvalue weighted by molar-refractivity contribution is -0.140. The predicted molar refractivity (Wildman–Crippen MR) is 160 cm³/mol. The van der Waals surface area contributed by atoms with E-state index in [0.717, 1.165) is 18.4 Å². The van der Waals surface area contributed by atoms with Gasteiger partial charge >= 0.3 is 5.97 Å². The molecule has 2 aromatic rings. The van der Waals surface area contributed by atoms with Crippen LogP contribution in [0.3, 0.4) is 0 Å². The largest absolute Gasteiger partial charge is 0.481 e. The summed E-state index contributed by atoms with van der Waals surface area (Å²) >= 11 is 1.39. The Morgan fingerprint density at radius 3 is 1.93 bits per heavy atom. The molecule has 0 saturated heterocycles. The number of hydrogen-bond donors (Lipinski definition) is 4. The number of aliphatic carboxylic acids is 1. The summed E-state index contributed by atoms with van der Waals surface area (Å²) in [6, 6.07) is 16.4. The zero-order valence-electron chi connectivity index (χ0n) is 23.9. The van der Waals surface area contributed by atoms with Gasteiger partial charge in [-0.05, 0) is 49.0 Å². The molecular formula is C31H41N3O6S. The van der Waals surface area contributed by atoms with Gasteiger partial charge in [0, 0.05) is 6.42 Å². The Bertz CT molecular complexity index is 1140. The lowest BCUT2D eigenvalue weighted by atomic mass is 10.0. The van der Waals surface area contributed by atoms with Gasteiger partial charge in [0.05, 0.1) is 18.2 Å². The number of carbonyl (C=O) groups excluding carboxylic acids is 4. The SMILES string of the molecule is CC(C)[C@H](NC(=O)CCc1ccccc1)C(=O)N[C@@H](C)C(=O)NC(CC(=O)O)C(=O)CSCCCc1ccccc1. The van der Waals surface area contributed by atoms with Crippen molar-refractivity contribution >= 4 is 41.2 Å². The second-order valence-corrected chi connectivity index (χ2v) is 11.4. The molecule has 41 heavy (non-hydrogen) atoms. The molecule has 2 aromatic carbocycles. The Kier molecular flexibility index (Phi) is 14.7. The van der Waals surface area contributed by atoms with E-state index in [1.807, 2.05) is 60.7 Å². The normalized spacial score (nSPS) is 13.1. The number of aryl methyl sites for hydroxylation is 2. The molecule has 0 fully saturated rings. The van der Waals surface area contributed by atoms with Gasteiger partial charge in [-0.1, -0.05) is 74.5 Å². The summed E-state index contributed by atoms with van der Waals surface area (Å²) in [5, 5.41) is 17.1. The lowest BCUT2D eigenvalue weighted by Crippen LogP contribution is -2.56. The van der Waals surface area contributed by atoms with Crippen LogP contribution in [0.5, 0.6) is 0 Å². The smallest absolute Gasteiger partial charge is 0.305 e. The van der Waals surface area contributed by atoms with Crippen LogP contribution in [0.2, 0.25) is 0 Å². The Morgan fingerprint density at radius 2 is 1.37 bits per heavy atom. The van der Waals surface area contributed by atoms with Crippen LogP contribution in [0.4, 0.5) is 0 Å². The Balaban J connectivity index is 1.84. The molecule has 0 aliphatic heterocycles. The summed E-state index contributed by atoms with van der Waals surface area (Å²) in [5.74, 6) is -2.57. The first-order chi connectivity index (χ1) is 19.6. The molecule has 4 N–H and O–H groups in total. The van der Waals surface area contributed by atoms with E-state index in [1.165, 1.54) is 24.2 Å². The maximum absolute atomic E-state index is 12.9. The molecule has 0 aromatic heterocycles. The molecule has 0 radical (unpaired) electrons. The minimum Gasteiger partial charge on any atom is -0.481 e. The highest BCUT2D eigenvalue weighted by Gasteiger charge is 2.29. The Labute approximate surface area is 246 Å². The van der Waals surface area contributed by atoms with Gasteiger partial charge in [-0.25, -0.2) is 0 Å². The number of ketones is 1. The first kappa shape index (κ1) is 33.5. The first-order valence-corrected chi connectivity index (χ1v) is 15.0. The molecule has 1 unspecified atom stereocenters. The third kappa shape index (κ3) is 13.0. The summed E-state index contributed by atoms with van der Waals surface area (Å²) in [4.78, 5) is 62.4. The highest BCUT2D eigenvalue weighted by atomic mass is 32.2. The number of carbonyl (C=O) groups is 5. The lowest BCUT2D eigenvalue weighted by Gasteiger charge is -2.25. The standard InChI is InChI=1S/C31H41N3O6S/c1-21(2)29(34-27(36)17-16-24-13-8-5-9-14-24)31(40)32-22(3)30(39)33-25(19-28(37)38)26(35)20-41-18-10-15-23-11-6-4-7-12-23/h4-9,11-14,21-22,25,29H,10,15-20H2,1-3H3,(H,32,40)(H,33,39)(H,34,36)(H,37,38)/t22-,25?,29-/m0/s1. The van der Waals surface area contributed by atoms with Crippen LogP contribution in [0.25, 0.3) is 0 Å². The Hall–Kier alpha value is -3.66. The third-order valence-corrected chi connectivity index (χ3v) is 7.49. The molecule has 0 heterocycles. The van der Waals surface area contributed by atoms with Gasteiger partial charge in [-0.15, -0.1) is 0 Å². The van der Waals surface area contributed by atoms with Gasteiger partial charge in [0.25, 0.3) is 0 Å². The first-order valence-electron chi connectivity index (χ1n) is 13.9. The number of hydrogen-bond acceptors (Lipinski definition) is 6. The molecule has 222 valence electrons. The molecule has 2 rings (SSSR count). The number of carboxylic acids is 1. The van der Waals surface area contributed by atoms with Crippen molar-refractivity contribution in [3.05, 3.63) is 71.8 Å². The van der Waals surface area contributed by atoms with Crippen molar-refractivity contribution in [1.82, 2.24) is 16.0 Å². The van der Waals surface area contributed by atoms with Gasteiger partial charge in [-0.2, -0.15) is 11.8 Å².